The van der Waals surface area contributed by atoms with Gasteiger partial charge >= 0.3 is 0 Å². The minimum Gasteiger partial charge on any atom is -0.396 e. The Morgan fingerprint density at radius 1 is 1.67 bits per heavy atom. The molecule has 0 saturated carbocycles. The average molecular weight is 143 g/mol. The molecule has 0 radical (unpaired) electrons. The van der Waals surface area contributed by atoms with Gasteiger partial charge in [-0.2, -0.15) is 0 Å². The Labute approximate surface area is 58.7 Å². The number of hydrogen-bond donors (Lipinski definition) is 1. The van der Waals surface area contributed by atoms with Crippen LogP contribution >= 0.6 is 11.6 Å². The van der Waals surface area contributed by atoms with Gasteiger partial charge < -0.3 is 5.73 Å². The number of nitrogens with two attached hydrogens (primary N) is 1. The summed E-state index contributed by atoms with van der Waals surface area (Å²) in [5.41, 5.74) is 7.33. The number of aliphatic imine (C=N–C) groups is 1. The lowest BCUT2D eigenvalue weighted by molar-refractivity contribution is 1.45. The van der Waals surface area contributed by atoms with Gasteiger partial charge in [-0.15, -0.1) is 0 Å². The van der Waals surface area contributed by atoms with E-state index in [9.17, 15) is 0 Å². The summed E-state index contributed by atoms with van der Waals surface area (Å²) >= 11 is 5.65. The van der Waals surface area contributed by atoms with Gasteiger partial charge in [0, 0.05) is 0 Å². The van der Waals surface area contributed by atoms with Crippen molar-refractivity contribution in [1.82, 2.24) is 0 Å². The van der Waals surface area contributed by atoms with Crippen molar-refractivity contribution < 1.29 is 0 Å². The van der Waals surface area contributed by atoms with Crippen molar-refractivity contribution in [1.29, 1.82) is 0 Å². The normalized spacial score (nSPS) is 18.9. The van der Waals surface area contributed by atoms with Crippen LogP contribution in [0.1, 0.15) is 6.92 Å². The molecule has 9 heavy (non-hydrogen) atoms. The van der Waals surface area contributed by atoms with Crippen LogP contribution in [-0.4, -0.2) is 5.71 Å². The Balaban J connectivity index is 3.11. The van der Waals surface area contributed by atoms with Crippen LogP contribution in [0.3, 0.4) is 0 Å². The SMILES string of the molecule is C=C1N=C(C)C(N)=C1Cl. The summed E-state index contributed by atoms with van der Waals surface area (Å²) in [5, 5.41) is 0.479. The highest BCUT2D eigenvalue weighted by Gasteiger charge is 2.13. The Morgan fingerprint density at radius 2 is 2.22 bits per heavy atom. The van der Waals surface area contributed by atoms with E-state index in [1.165, 1.54) is 0 Å². The van der Waals surface area contributed by atoms with Gasteiger partial charge in [0.2, 0.25) is 0 Å². The molecule has 48 valence electrons. The van der Waals surface area contributed by atoms with E-state index in [2.05, 4.69) is 11.6 Å². The zero-order valence-electron chi connectivity index (χ0n) is 5.11. The third kappa shape index (κ3) is 0.856. The maximum Gasteiger partial charge on any atom is 0.0904 e. The minimum atomic E-state index is 0.479. The maximum absolute atomic E-state index is 5.65. The van der Waals surface area contributed by atoms with E-state index >= 15 is 0 Å². The minimum absolute atomic E-state index is 0.479. The average Bonchev–Trinajstić information content (AvgIpc) is 1.98. The number of halogens is 1. The molecule has 0 unspecified atom stereocenters. The van der Waals surface area contributed by atoms with E-state index in [0.717, 1.165) is 5.71 Å². The molecule has 0 bridgehead atoms. The number of rotatable bonds is 0. The molecule has 0 saturated heterocycles. The maximum atomic E-state index is 5.65. The number of allylic oxidation sites excluding steroid dienone is 2. The van der Waals surface area contributed by atoms with E-state index < -0.39 is 0 Å². The third-order valence-electron chi connectivity index (χ3n) is 1.18. The Hall–Kier alpha value is -0.760. The van der Waals surface area contributed by atoms with Gasteiger partial charge in [-0.05, 0) is 6.92 Å². The summed E-state index contributed by atoms with van der Waals surface area (Å²) in [6, 6.07) is 0. The third-order valence-corrected chi connectivity index (χ3v) is 1.60. The van der Waals surface area contributed by atoms with Gasteiger partial charge in [0.05, 0.1) is 22.1 Å². The summed E-state index contributed by atoms with van der Waals surface area (Å²) in [4.78, 5) is 3.94. The Morgan fingerprint density at radius 3 is 2.33 bits per heavy atom. The predicted octanol–water partition coefficient (Wildman–Crippen LogP) is 1.38. The van der Waals surface area contributed by atoms with Crippen LogP contribution in [0.4, 0.5) is 0 Å². The zero-order valence-corrected chi connectivity index (χ0v) is 5.87. The zero-order chi connectivity index (χ0) is 7.02. The molecule has 1 rings (SSSR count). The predicted molar refractivity (Wildman–Crippen MR) is 39.3 cm³/mol. The van der Waals surface area contributed by atoms with E-state index in [4.69, 9.17) is 17.3 Å². The molecule has 1 heterocycles. The van der Waals surface area contributed by atoms with Crippen LogP contribution in [-0.2, 0) is 0 Å². The monoisotopic (exact) mass is 142 g/mol. The fraction of sp³-hybridized carbons (Fsp3) is 0.167. The molecule has 0 aromatic carbocycles. The van der Waals surface area contributed by atoms with Gasteiger partial charge in [0.25, 0.3) is 0 Å². The van der Waals surface area contributed by atoms with Crippen molar-refractivity contribution in [3.05, 3.63) is 23.0 Å². The van der Waals surface area contributed by atoms with Gasteiger partial charge in [0.1, 0.15) is 0 Å². The molecule has 1 aliphatic heterocycles. The van der Waals surface area contributed by atoms with Gasteiger partial charge in [0.15, 0.2) is 0 Å². The summed E-state index contributed by atoms with van der Waals surface area (Å²) in [6.07, 6.45) is 0. The lowest BCUT2D eigenvalue weighted by Gasteiger charge is -1.89. The summed E-state index contributed by atoms with van der Waals surface area (Å²) in [5.74, 6) is 0. The fourth-order valence-electron chi connectivity index (χ4n) is 0.626. The van der Waals surface area contributed by atoms with Crippen LogP contribution < -0.4 is 5.73 Å². The van der Waals surface area contributed by atoms with Gasteiger partial charge in [-0.3, -0.25) is 4.99 Å². The molecule has 0 aromatic heterocycles. The van der Waals surface area contributed by atoms with Gasteiger partial charge in [-0.25, -0.2) is 0 Å². The fourth-order valence-corrected chi connectivity index (χ4v) is 0.805. The lowest BCUT2D eigenvalue weighted by Crippen LogP contribution is -2.04. The highest BCUT2D eigenvalue weighted by Crippen LogP contribution is 2.23. The van der Waals surface area contributed by atoms with Crippen molar-refractivity contribution in [3.63, 3.8) is 0 Å². The van der Waals surface area contributed by atoms with Crippen molar-refractivity contribution >= 4 is 17.3 Å². The van der Waals surface area contributed by atoms with E-state index in [0.29, 0.717) is 16.4 Å². The van der Waals surface area contributed by atoms with Crippen LogP contribution in [0.5, 0.6) is 0 Å². The molecule has 0 amide bonds. The largest absolute Gasteiger partial charge is 0.396 e. The molecule has 2 N–H and O–H groups in total. The molecule has 0 aliphatic carbocycles. The standard InChI is InChI=1S/C6H7ClN2/c1-3-5(7)6(8)4(2)9-3/h1,8H2,2H3. The molecule has 2 nitrogen and oxygen atoms in total. The first-order valence-corrected chi connectivity index (χ1v) is 2.91. The Kier molecular flexibility index (Phi) is 1.33. The second-order valence-electron chi connectivity index (χ2n) is 1.87. The molecular weight excluding hydrogens is 136 g/mol. The van der Waals surface area contributed by atoms with Crippen LogP contribution in [0, 0.1) is 0 Å². The Bertz CT molecular complexity index is 225. The van der Waals surface area contributed by atoms with Crippen LogP contribution in [0.15, 0.2) is 28.0 Å². The van der Waals surface area contributed by atoms with Crippen molar-refractivity contribution in [2.24, 2.45) is 10.7 Å². The molecule has 0 aromatic rings. The number of hydrogen-bond acceptors (Lipinski definition) is 2. The first kappa shape index (κ1) is 6.36. The van der Waals surface area contributed by atoms with Crippen molar-refractivity contribution in [2.75, 3.05) is 0 Å². The summed E-state index contributed by atoms with van der Waals surface area (Å²) in [7, 11) is 0. The highest BCUT2D eigenvalue weighted by molar-refractivity contribution is 6.35. The topological polar surface area (TPSA) is 38.4 Å². The highest BCUT2D eigenvalue weighted by atomic mass is 35.5. The molecule has 0 atom stereocenters. The molecular formula is C6H7ClN2. The number of nitrogens with zero attached hydrogens (tertiary/aromatic N) is 1. The quantitative estimate of drug-likeness (QED) is 0.545. The second-order valence-corrected chi connectivity index (χ2v) is 2.25. The first-order chi connectivity index (χ1) is 4.13. The molecule has 0 fully saturated rings. The van der Waals surface area contributed by atoms with E-state index in [1.807, 2.05) is 0 Å². The van der Waals surface area contributed by atoms with E-state index in [-0.39, 0.29) is 0 Å². The van der Waals surface area contributed by atoms with E-state index in [1.54, 1.807) is 6.92 Å². The van der Waals surface area contributed by atoms with Crippen LogP contribution in [0.25, 0.3) is 0 Å². The smallest absolute Gasteiger partial charge is 0.0904 e. The molecule has 0 spiro atoms. The molecule has 3 heteroatoms. The molecule has 1 aliphatic rings. The summed E-state index contributed by atoms with van der Waals surface area (Å²) in [6.45, 7) is 5.38. The van der Waals surface area contributed by atoms with Crippen molar-refractivity contribution in [3.8, 4) is 0 Å². The van der Waals surface area contributed by atoms with Gasteiger partial charge in [-0.1, -0.05) is 18.2 Å². The first-order valence-electron chi connectivity index (χ1n) is 2.53. The van der Waals surface area contributed by atoms with Crippen LogP contribution in [0.2, 0.25) is 0 Å². The van der Waals surface area contributed by atoms with Crippen molar-refractivity contribution in [2.45, 2.75) is 6.92 Å². The second kappa shape index (κ2) is 1.88. The lowest BCUT2D eigenvalue weighted by atomic mass is 10.3. The summed E-state index contributed by atoms with van der Waals surface area (Å²) < 4.78 is 0.